The summed E-state index contributed by atoms with van der Waals surface area (Å²) in [5.74, 6) is 0.800. The minimum Gasteiger partial charge on any atom is -0.435 e. The third-order valence-electron chi connectivity index (χ3n) is 4.78. The Morgan fingerprint density at radius 3 is 2.57 bits per heavy atom. The van der Waals surface area contributed by atoms with Gasteiger partial charge in [-0.3, -0.25) is 5.32 Å². The summed E-state index contributed by atoms with van der Waals surface area (Å²) < 4.78 is 35.5. The molecule has 2 N–H and O–H groups in total. The Morgan fingerprint density at radius 2 is 1.90 bits per heavy atom. The molecule has 1 unspecified atom stereocenters. The van der Waals surface area contributed by atoms with E-state index in [0.717, 1.165) is 19.5 Å². The molecule has 156 valence electrons. The van der Waals surface area contributed by atoms with Crippen LogP contribution in [0.25, 0.3) is 5.69 Å². The van der Waals surface area contributed by atoms with Crippen LogP contribution in [0.5, 0.6) is 11.5 Å². The molecule has 0 spiro atoms. The van der Waals surface area contributed by atoms with Crippen molar-refractivity contribution in [3.8, 4) is 17.2 Å². The minimum atomic E-state index is -2.88. The van der Waals surface area contributed by atoms with Gasteiger partial charge in [-0.25, -0.2) is 9.48 Å². The summed E-state index contributed by atoms with van der Waals surface area (Å²) >= 11 is 0. The van der Waals surface area contributed by atoms with Crippen LogP contribution in [0, 0.1) is 0 Å². The van der Waals surface area contributed by atoms with Gasteiger partial charge in [0.25, 0.3) is 0 Å². The molecule has 1 aliphatic heterocycles. The molecule has 1 aromatic heterocycles. The van der Waals surface area contributed by atoms with Crippen LogP contribution in [-0.2, 0) is 0 Å². The lowest BCUT2D eigenvalue weighted by atomic mass is 9.98. The maximum atomic E-state index is 12.2. The lowest BCUT2D eigenvalue weighted by Crippen LogP contribution is -2.16. The number of amides is 1. The Morgan fingerprint density at radius 1 is 1.13 bits per heavy atom. The van der Waals surface area contributed by atoms with Crippen LogP contribution < -0.4 is 20.1 Å². The van der Waals surface area contributed by atoms with Gasteiger partial charge in [0.15, 0.2) is 5.75 Å². The van der Waals surface area contributed by atoms with Gasteiger partial charge in [0.05, 0.1) is 18.1 Å². The number of hydrogen-bond donors (Lipinski definition) is 2. The van der Waals surface area contributed by atoms with E-state index in [2.05, 4.69) is 20.5 Å². The summed E-state index contributed by atoms with van der Waals surface area (Å²) in [6, 6.07) is 13.7. The quantitative estimate of drug-likeness (QED) is 0.633. The highest BCUT2D eigenvalue weighted by Gasteiger charge is 2.16. The number of carbonyl (C=O) groups is 1. The van der Waals surface area contributed by atoms with Crippen LogP contribution in [-0.4, -0.2) is 35.6 Å². The Labute approximate surface area is 171 Å². The highest BCUT2D eigenvalue weighted by atomic mass is 19.3. The van der Waals surface area contributed by atoms with Crippen LogP contribution in [0.1, 0.15) is 17.9 Å². The van der Waals surface area contributed by atoms with E-state index in [0.29, 0.717) is 17.3 Å². The molecule has 1 fully saturated rings. The average Bonchev–Trinajstić information content (AvgIpc) is 3.41. The van der Waals surface area contributed by atoms with Crippen molar-refractivity contribution >= 4 is 11.8 Å². The first-order chi connectivity index (χ1) is 14.6. The molecule has 0 bridgehead atoms. The lowest BCUT2D eigenvalue weighted by Gasteiger charge is -2.10. The number of rotatable bonds is 6. The number of nitrogens with zero attached hydrogens (tertiary/aromatic N) is 2. The molecule has 1 atom stereocenters. The summed E-state index contributed by atoms with van der Waals surface area (Å²) in [5, 5.41) is 10.1. The van der Waals surface area contributed by atoms with Crippen molar-refractivity contribution in [1.82, 2.24) is 15.1 Å². The second-order valence-electron chi connectivity index (χ2n) is 6.82. The molecular weight excluding hydrogens is 394 g/mol. The van der Waals surface area contributed by atoms with Crippen molar-refractivity contribution in [3.63, 3.8) is 0 Å². The van der Waals surface area contributed by atoms with E-state index in [1.54, 1.807) is 12.1 Å². The Kier molecular flexibility index (Phi) is 5.89. The van der Waals surface area contributed by atoms with Gasteiger partial charge in [-0.1, -0.05) is 12.1 Å². The number of halogens is 2. The van der Waals surface area contributed by atoms with Gasteiger partial charge in [0.2, 0.25) is 0 Å². The van der Waals surface area contributed by atoms with Crippen LogP contribution in [0.4, 0.5) is 19.3 Å². The zero-order chi connectivity index (χ0) is 20.9. The Bertz CT molecular complexity index is 984. The Hall–Kier alpha value is -3.46. The molecule has 7 nitrogen and oxygen atoms in total. The summed E-state index contributed by atoms with van der Waals surface area (Å²) in [5.41, 5.74) is 2.48. The van der Waals surface area contributed by atoms with Crippen molar-refractivity contribution in [3.05, 3.63) is 66.5 Å². The maximum absolute atomic E-state index is 12.2. The number of anilines is 1. The summed E-state index contributed by atoms with van der Waals surface area (Å²) in [6.45, 7) is -0.881. The topological polar surface area (TPSA) is 77.4 Å². The molecule has 1 amide bonds. The average molecular weight is 414 g/mol. The third kappa shape index (κ3) is 4.93. The van der Waals surface area contributed by atoms with Crippen LogP contribution in [0.3, 0.4) is 0 Å². The number of alkyl halides is 2. The van der Waals surface area contributed by atoms with E-state index < -0.39 is 12.7 Å². The van der Waals surface area contributed by atoms with Gasteiger partial charge in [-0.15, -0.1) is 0 Å². The smallest absolute Gasteiger partial charge is 0.417 e. The van der Waals surface area contributed by atoms with Gasteiger partial charge in [0.1, 0.15) is 5.75 Å². The standard InChI is InChI=1S/C21H20F2N4O3/c22-20(23)29-18-7-5-17(6-8-18)27-13-19(12-25-27)30-21(28)26-16-3-1-14(2-4-16)15-9-10-24-11-15/h1-8,12-13,15,20,24H,9-11H2,(H,26,28). The molecule has 9 heteroatoms. The predicted octanol–water partition coefficient (Wildman–Crippen LogP) is 4.16. The number of benzene rings is 2. The molecular formula is C21H20F2N4O3. The molecule has 0 aliphatic carbocycles. The fourth-order valence-corrected chi connectivity index (χ4v) is 3.31. The third-order valence-corrected chi connectivity index (χ3v) is 4.78. The van der Waals surface area contributed by atoms with E-state index in [9.17, 15) is 13.6 Å². The molecule has 30 heavy (non-hydrogen) atoms. The SMILES string of the molecule is O=C(Nc1ccc(C2CCNC2)cc1)Oc1cnn(-c2ccc(OC(F)F)cc2)c1. The zero-order valence-corrected chi connectivity index (χ0v) is 15.9. The first-order valence-electron chi connectivity index (χ1n) is 9.46. The van der Waals surface area contributed by atoms with Gasteiger partial charge in [-0.05, 0) is 60.8 Å². The van der Waals surface area contributed by atoms with Crippen molar-refractivity contribution in [2.75, 3.05) is 18.4 Å². The first-order valence-corrected chi connectivity index (χ1v) is 9.46. The van der Waals surface area contributed by atoms with Crippen LogP contribution in [0.15, 0.2) is 60.9 Å². The summed E-state index contributed by atoms with van der Waals surface area (Å²) in [6.07, 6.45) is 3.38. The molecule has 1 saturated heterocycles. The summed E-state index contributed by atoms with van der Waals surface area (Å²) in [4.78, 5) is 12.1. The van der Waals surface area contributed by atoms with Crippen molar-refractivity contribution in [2.24, 2.45) is 0 Å². The molecule has 0 saturated carbocycles. The number of hydrogen-bond acceptors (Lipinski definition) is 5. The Balaban J connectivity index is 1.33. The van der Waals surface area contributed by atoms with Crippen LogP contribution >= 0.6 is 0 Å². The van der Waals surface area contributed by atoms with E-state index in [1.165, 1.54) is 34.8 Å². The van der Waals surface area contributed by atoms with E-state index >= 15 is 0 Å². The number of carbonyl (C=O) groups excluding carboxylic acids is 1. The number of nitrogens with one attached hydrogen (secondary N) is 2. The fourth-order valence-electron chi connectivity index (χ4n) is 3.31. The molecule has 1 aliphatic rings. The highest BCUT2D eigenvalue weighted by Crippen LogP contribution is 2.24. The minimum absolute atomic E-state index is 0.0481. The van der Waals surface area contributed by atoms with Crippen molar-refractivity contribution < 1.29 is 23.0 Å². The summed E-state index contributed by atoms with van der Waals surface area (Å²) in [7, 11) is 0. The molecule has 3 aromatic rings. The fraction of sp³-hybridized carbons (Fsp3) is 0.238. The van der Waals surface area contributed by atoms with Gasteiger partial charge < -0.3 is 14.8 Å². The lowest BCUT2D eigenvalue weighted by molar-refractivity contribution is -0.0498. The number of aromatic nitrogens is 2. The van der Waals surface area contributed by atoms with Crippen molar-refractivity contribution in [2.45, 2.75) is 19.0 Å². The zero-order valence-electron chi connectivity index (χ0n) is 15.9. The predicted molar refractivity (Wildman–Crippen MR) is 107 cm³/mol. The normalized spacial score (nSPS) is 15.9. The molecule has 2 heterocycles. The first kappa shape index (κ1) is 19.8. The monoisotopic (exact) mass is 414 g/mol. The second kappa shape index (κ2) is 8.91. The largest absolute Gasteiger partial charge is 0.435 e. The van der Waals surface area contributed by atoms with Gasteiger partial charge in [-0.2, -0.15) is 13.9 Å². The maximum Gasteiger partial charge on any atom is 0.417 e. The number of ether oxygens (including phenoxy) is 2. The van der Waals surface area contributed by atoms with Gasteiger partial charge in [0, 0.05) is 12.2 Å². The highest BCUT2D eigenvalue weighted by molar-refractivity contribution is 5.86. The molecule has 2 aromatic carbocycles. The van der Waals surface area contributed by atoms with E-state index in [4.69, 9.17) is 4.74 Å². The molecule has 0 radical (unpaired) electrons. The van der Waals surface area contributed by atoms with Crippen molar-refractivity contribution in [1.29, 1.82) is 0 Å². The molecule has 4 rings (SSSR count). The van der Waals surface area contributed by atoms with E-state index in [1.807, 2.05) is 24.3 Å². The van der Waals surface area contributed by atoms with Crippen LogP contribution in [0.2, 0.25) is 0 Å². The van der Waals surface area contributed by atoms with Gasteiger partial charge >= 0.3 is 12.7 Å². The second-order valence-corrected chi connectivity index (χ2v) is 6.82. The van der Waals surface area contributed by atoms with E-state index in [-0.39, 0.29) is 11.5 Å².